The van der Waals surface area contributed by atoms with Crippen molar-refractivity contribution in [1.82, 2.24) is 5.32 Å². The van der Waals surface area contributed by atoms with Crippen LogP contribution in [0.1, 0.15) is 25.3 Å². The van der Waals surface area contributed by atoms with Gasteiger partial charge in [-0.15, -0.1) is 0 Å². The number of carbonyl (C=O) groups is 2. The van der Waals surface area contributed by atoms with Crippen molar-refractivity contribution in [1.29, 1.82) is 0 Å². The molecule has 0 amide bonds. The third kappa shape index (κ3) is 6.07. The number of nitrogens with two attached hydrogens (primary N) is 1. The molecule has 0 fully saturated rings. The molecule has 154 valence electrons. The fourth-order valence-corrected chi connectivity index (χ4v) is 3.36. The Hall–Kier alpha value is -1.35. The molecule has 0 saturated heterocycles. The summed E-state index contributed by atoms with van der Waals surface area (Å²) in [6.45, 7) is 4.42. The summed E-state index contributed by atoms with van der Waals surface area (Å²) in [5.74, 6) is -1.86. The Morgan fingerprint density at radius 1 is 1.21 bits per heavy atom. The van der Waals surface area contributed by atoms with Crippen LogP contribution in [-0.2, 0) is 23.8 Å². The van der Waals surface area contributed by atoms with Crippen molar-refractivity contribution < 1.29 is 23.8 Å². The molecule has 2 rings (SSSR count). The standard InChI is InChI=1S/C20H25ClN2O5.Na.H/c1-4-28-20(25)18-15(11-27-10-9-22)23-12(2)16(19(24)26-3)17(18)13-7-5-6-8-14(13)21;;/h5-8,17,23H,4,9-11,22H2,1-3H3;;. The van der Waals surface area contributed by atoms with E-state index in [9.17, 15) is 9.59 Å². The van der Waals surface area contributed by atoms with E-state index >= 15 is 0 Å². The summed E-state index contributed by atoms with van der Waals surface area (Å²) in [5.41, 5.74) is 7.70. The molecule has 0 aliphatic carbocycles. The van der Waals surface area contributed by atoms with Crippen LogP contribution in [-0.4, -0.2) is 75.0 Å². The molecule has 1 aliphatic heterocycles. The number of hydrogen-bond acceptors (Lipinski definition) is 7. The van der Waals surface area contributed by atoms with Gasteiger partial charge in [0.2, 0.25) is 0 Å². The summed E-state index contributed by atoms with van der Waals surface area (Å²) in [6.07, 6.45) is 0. The molecule has 1 heterocycles. The number of allylic oxidation sites excluding steroid dienone is 1. The van der Waals surface area contributed by atoms with E-state index in [2.05, 4.69) is 5.32 Å². The quantitative estimate of drug-likeness (QED) is 0.366. The third-order valence-corrected chi connectivity index (χ3v) is 4.61. The zero-order valence-electron chi connectivity index (χ0n) is 16.2. The van der Waals surface area contributed by atoms with Crippen molar-refractivity contribution in [2.24, 2.45) is 5.73 Å². The molecule has 1 unspecified atom stereocenters. The topological polar surface area (TPSA) is 99.9 Å². The fraction of sp³-hybridized carbons (Fsp3) is 0.400. The average Bonchev–Trinajstić information content (AvgIpc) is 2.67. The Balaban J connectivity index is 0.00000420. The van der Waals surface area contributed by atoms with Crippen molar-refractivity contribution in [2.45, 2.75) is 19.8 Å². The molecule has 9 heteroatoms. The molecule has 1 atom stereocenters. The molecule has 0 bridgehead atoms. The van der Waals surface area contributed by atoms with Gasteiger partial charge in [0.05, 0.1) is 49.7 Å². The first-order chi connectivity index (χ1) is 13.5. The zero-order valence-corrected chi connectivity index (χ0v) is 17.0. The molecule has 0 radical (unpaired) electrons. The summed E-state index contributed by atoms with van der Waals surface area (Å²) in [7, 11) is 1.29. The Kier molecular flexibility index (Phi) is 11.0. The minimum absolute atomic E-state index is 0. The van der Waals surface area contributed by atoms with E-state index in [4.69, 9.17) is 31.5 Å². The van der Waals surface area contributed by atoms with Crippen molar-refractivity contribution in [2.75, 3.05) is 33.5 Å². The number of carbonyl (C=O) groups excluding carboxylic acids is 2. The van der Waals surface area contributed by atoms with E-state index in [0.717, 1.165) is 0 Å². The van der Waals surface area contributed by atoms with Gasteiger partial charge in [0, 0.05) is 17.3 Å². The Bertz CT molecular complexity index is 810. The van der Waals surface area contributed by atoms with Crippen LogP contribution in [0.5, 0.6) is 0 Å². The van der Waals surface area contributed by atoms with E-state index in [0.29, 0.717) is 40.7 Å². The molecule has 0 spiro atoms. The van der Waals surface area contributed by atoms with Crippen LogP contribution in [0, 0.1) is 0 Å². The predicted octanol–water partition coefficient (Wildman–Crippen LogP) is 1.62. The number of esters is 2. The first kappa shape index (κ1) is 25.7. The Labute approximate surface area is 197 Å². The molecular formula is C20H26ClN2NaO5. The first-order valence-corrected chi connectivity index (χ1v) is 9.32. The molecule has 3 N–H and O–H groups in total. The second kappa shape index (κ2) is 12.4. The number of nitrogens with one attached hydrogen (secondary N) is 1. The van der Waals surface area contributed by atoms with Gasteiger partial charge in [0.15, 0.2) is 0 Å². The zero-order chi connectivity index (χ0) is 20.7. The monoisotopic (exact) mass is 432 g/mol. The molecule has 29 heavy (non-hydrogen) atoms. The van der Waals surface area contributed by atoms with Gasteiger partial charge in [-0.1, -0.05) is 29.8 Å². The SMILES string of the molecule is CCOC(=O)C1=C(COCCN)NC(C)=C(C(=O)OC)C1c1ccccc1Cl.[NaH]. The predicted molar refractivity (Wildman–Crippen MR) is 113 cm³/mol. The summed E-state index contributed by atoms with van der Waals surface area (Å²) in [5, 5.41) is 3.52. The number of ether oxygens (including phenoxy) is 3. The van der Waals surface area contributed by atoms with Gasteiger partial charge in [-0.2, -0.15) is 0 Å². The summed E-state index contributed by atoms with van der Waals surface area (Å²) in [4.78, 5) is 25.5. The second-order valence-electron chi connectivity index (χ2n) is 6.06. The number of hydrogen-bond donors (Lipinski definition) is 2. The van der Waals surface area contributed by atoms with E-state index < -0.39 is 17.9 Å². The van der Waals surface area contributed by atoms with Crippen LogP contribution >= 0.6 is 11.6 Å². The summed E-state index contributed by atoms with van der Waals surface area (Å²) < 4.78 is 15.8. The van der Waals surface area contributed by atoms with Crippen LogP contribution in [0.2, 0.25) is 5.02 Å². The molecular weight excluding hydrogens is 407 g/mol. The van der Waals surface area contributed by atoms with Crippen LogP contribution in [0.25, 0.3) is 0 Å². The first-order valence-electron chi connectivity index (χ1n) is 8.94. The van der Waals surface area contributed by atoms with Crippen LogP contribution in [0.3, 0.4) is 0 Å². The molecule has 7 nitrogen and oxygen atoms in total. The normalized spacial score (nSPS) is 16.1. The maximum absolute atomic E-state index is 12.9. The number of methoxy groups -OCH3 is 1. The van der Waals surface area contributed by atoms with Gasteiger partial charge in [-0.05, 0) is 25.5 Å². The Morgan fingerprint density at radius 2 is 1.90 bits per heavy atom. The Morgan fingerprint density at radius 3 is 2.48 bits per heavy atom. The molecule has 0 saturated carbocycles. The second-order valence-corrected chi connectivity index (χ2v) is 6.47. The third-order valence-electron chi connectivity index (χ3n) is 4.27. The van der Waals surface area contributed by atoms with Crippen molar-refractivity contribution in [3.05, 3.63) is 57.4 Å². The molecule has 1 aromatic carbocycles. The van der Waals surface area contributed by atoms with Crippen molar-refractivity contribution >= 4 is 53.1 Å². The van der Waals surface area contributed by atoms with Gasteiger partial charge >= 0.3 is 41.5 Å². The van der Waals surface area contributed by atoms with E-state index in [1.54, 1.807) is 38.1 Å². The van der Waals surface area contributed by atoms with Gasteiger partial charge in [-0.3, -0.25) is 0 Å². The van der Waals surface area contributed by atoms with E-state index in [1.807, 2.05) is 0 Å². The van der Waals surface area contributed by atoms with E-state index in [-0.39, 0.29) is 48.3 Å². The molecule has 0 aromatic heterocycles. The number of benzene rings is 1. The maximum atomic E-state index is 12.9. The minimum atomic E-state index is -0.752. The van der Waals surface area contributed by atoms with Gasteiger partial charge in [0.25, 0.3) is 0 Å². The van der Waals surface area contributed by atoms with Crippen molar-refractivity contribution in [3.63, 3.8) is 0 Å². The van der Waals surface area contributed by atoms with Gasteiger partial charge < -0.3 is 25.3 Å². The molecule has 1 aliphatic rings. The van der Waals surface area contributed by atoms with E-state index in [1.165, 1.54) is 7.11 Å². The number of halogens is 1. The summed E-state index contributed by atoms with van der Waals surface area (Å²) >= 11 is 6.42. The number of rotatable bonds is 8. The van der Waals surface area contributed by atoms with Crippen LogP contribution in [0.4, 0.5) is 0 Å². The summed E-state index contributed by atoms with van der Waals surface area (Å²) in [6, 6.07) is 7.05. The van der Waals surface area contributed by atoms with Crippen LogP contribution in [0.15, 0.2) is 46.8 Å². The fourth-order valence-electron chi connectivity index (χ4n) is 3.12. The van der Waals surface area contributed by atoms with Gasteiger partial charge in [-0.25, -0.2) is 9.59 Å². The van der Waals surface area contributed by atoms with Crippen molar-refractivity contribution in [3.8, 4) is 0 Å². The molecule has 1 aromatic rings. The van der Waals surface area contributed by atoms with Crippen LogP contribution < -0.4 is 11.1 Å². The number of dihydropyridines is 1. The average molecular weight is 433 g/mol. The van der Waals surface area contributed by atoms with Gasteiger partial charge in [0.1, 0.15) is 0 Å².